The summed E-state index contributed by atoms with van der Waals surface area (Å²) in [7, 11) is 0. The molecule has 0 aromatic heterocycles. The van der Waals surface area contributed by atoms with Gasteiger partial charge in [-0.15, -0.1) is 12.4 Å². The van der Waals surface area contributed by atoms with Gasteiger partial charge in [-0.25, -0.2) is 4.39 Å². The predicted molar refractivity (Wildman–Crippen MR) is 111 cm³/mol. The Bertz CT molecular complexity index is 737. The molecule has 2 aromatic carbocycles. The third kappa shape index (κ3) is 6.78. The molecule has 0 unspecified atom stereocenters. The van der Waals surface area contributed by atoms with Crippen LogP contribution in [0.4, 0.5) is 4.39 Å². The largest absolute Gasteiger partial charge is 0.488 e. The normalized spacial score (nSPS) is 14.2. The molecular formula is C21H27ClFN3O2. The van der Waals surface area contributed by atoms with Crippen LogP contribution in [0, 0.1) is 5.82 Å². The smallest absolute Gasteiger partial charge is 0.255 e. The van der Waals surface area contributed by atoms with E-state index in [1.165, 1.54) is 12.1 Å². The Hall–Kier alpha value is -2.15. The lowest BCUT2D eigenvalue weighted by atomic mass is 10.2. The Kier molecular flexibility index (Phi) is 9.20. The number of hydrogen-bond acceptors (Lipinski definition) is 4. The molecule has 28 heavy (non-hydrogen) atoms. The van der Waals surface area contributed by atoms with Crippen molar-refractivity contribution in [3.63, 3.8) is 0 Å². The molecular weight excluding hydrogens is 381 g/mol. The van der Waals surface area contributed by atoms with E-state index in [4.69, 9.17) is 4.74 Å². The number of hydrogen-bond donors (Lipinski definition) is 2. The zero-order chi connectivity index (χ0) is 18.9. The van der Waals surface area contributed by atoms with Gasteiger partial charge in [0.05, 0.1) is 5.56 Å². The molecule has 2 N–H and O–H groups in total. The second-order valence-electron chi connectivity index (χ2n) is 6.61. The number of rotatable bonds is 8. The summed E-state index contributed by atoms with van der Waals surface area (Å²) in [6.45, 7) is 6.10. The molecule has 7 heteroatoms. The van der Waals surface area contributed by atoms with Gasteiger partial charge >= 0.3 is 0 Å². The minimum Gasteiger partial charge on any atom is -0.488 e. The lowest BCUT2D eigenvalue weighted by molar-refractivity contribution is 0.0946. The first-order chi connectivity index (χ1) is 13.2. The van der Waals surface area contributed by atoms with Gasteiger partial charge in [-0.3, -0.25) is 4.79 Å². The van der Waals surface area contributed by atoms with E-state index in [1.54, 1.807) is 24.3 Å². The number of amides is 1. The third-order valence-electron chi connectivity index (χ3n) is 4.59. The molecule has 1 fully saturated rings. The number of carbonyl (C=O) groups excluding carboxylic acids is 1. The van der Waals surface area contributed by atoms with Crippen molar-refractivity contribution in [2.75, 3.05) is 39.3 Å². The van der Waals surface area contributed by atoms with Crippen LogP contribution in [0.5, 0.6) is 5.75 Å². The molecule has 0 aliphatic carbocycles. The minimum atomic E-state index is -0.278. The van der Waals surface area contributed by atoms with Crippen LogP contribution in [0.15, 0.2) is 48.5 Å². The van der Waals surface area contributed by atoms with Gasteiger partial charge in [-0.05, 0) is 42.8 Å². The Morgan fingerprint density at radius 3 is 2.57 bits per heavy atom. The third-order valence-corrected chi connectivity index (χ3v) is 4.59. The number of carbonyl (C=O) groups is 1. The quantitative estimate of drug-likeness (QED) is 0.661. The molecule has 1 aliphatic rings. The van der Waals surface area contributed by atoms with E-state index >= 15 is 0 Å². The van der Waals surface area contributed by atoms with Crippen LogP contribution in [-0.4, -0.2) is 50.1 Å². The summed E-state index contributed by atoms with van der Waals surface area (Å²) in [4.78, 5) is 14.9. The maximum absolute atomic E-state index is 13.0. The average Bonchev–Trinajstić information content (AvgIpc) is 2.71. The molecule has 0 bridgehead atoms. The molecule has 1 saturated heterocycles. The van der Waals surface area contributed by atoms with Crippen LogP contribution < -0.4 is 15.4 Å². The van der Waals surface area contributed by atoms with Crippen molar-refractivity contribution in [3.8, 4) is 5.75 Å². The highest BCUT2D eigenvalue weighted by Crippen LogP contribution is 2.19. The molecule has 5 nitrogen and oxygen atoms in total. The Balaban J connectivity index is 0.00000280. The fourth-order valence-electron chi connectivity index (χ4n) is 3.06. The summed E-state index contributed by atoms with van der Waals surface area (Å²) in [5.74, 6) is 0.116. The SMILES string of the molecule is Cl.O=C(NCCCN1CCNCC1)c1ccccc1OCc1ccc(F)cc1. The highest BCUT2D eigenvalue weighted by molar-refractivity contribution is 5.96. The molecule has 2 aromatic rings. The van der Waals surface area contributed by atoms with E-state index in [9.17, 15) is 9.18 Å². The molecule has 0 spiro atoms. The fourth-order valence-corrected chi connectivity index (χ4v) is 3.06. The topological polar surface area (TPSA) is 53.6 Å². The summed E-state index contributed by atoms with van der Waals surface area (Å²) in [5.41, 5.74) is 1.37. The number of benzene rings is 2. The lowest BCUT2D eigenvalue weighted by Gasteiger charge is -2.27. The maximum Gasteiger partial charge on any atom is 0.255 e. The number of nitrogens with one attached hydrogen (secondary N) is 2. The lowest BCUT2D eigenvalue weighted by Crippen LogP contribution is -2.44. The van der Waals surface area contributed by atoms with Crippen molar-refractivity contribution in [2.45, 2.75) is 13.0 Å². The Morgan fingerprint density at radius 2 is 1.82 bits per heavy atom. The van der Waals surface area contributed by atoms with Crippen molar-refractivity contribution >= 4 is 18.3 Å². The molecule has 0 radical (unpaired) electrons. The zero-order valence-electron chi connectivity index (χ0n) is 15.8. The highest BCUT2D eigenvalue weighted by Gasteiger charge is 2.13. The van der Waals surface area contributed by atoms with Crippen LogP contribution in [-0.2, 0) is 6.61 Å². The van der Waals surface area contributed by atoms with Gasteiger partial charge < -0.3 is 20.3 Å². The average molecular weight is 408 g/mol. The minimum absolute atomic E-state index is 0. The fraction of sp³-hybridized carbons (Fsp3) is 0.381. The Morgan fingerprint density at radius 1 is 1.11 bits per heavy atom. The summed E-state index contributed by atoms with van der Waals surface area (Å²) in [6.07, 6.45) is 0.921. The van der Waals surface area contributed by atoms with Crippen molar-refractivity contribution < 1.29 is 13.9 Å². The molecule has 1 aliphatic heterocycles. The first kappa shape index (κ1) is 22.1. The number of halogens is 2. The second kappa shape index (κ2) is 11.6. The van der Waals surface area contributed by atoms with Crippen LogP contribution in [0.25, 0.3) is 0 Å². The zero-order valence-corrected chi connectivity index (χ0v) is 16.6. The van der Waals surface area contributed by atoms with Crippen LogP contribution in [0.1, 0.15) is 22.3 Å². The van der Waals surface area contributed by atoms with Crippen molar-refractivity contribution in [3.05, 3.63) is 65.5 Å². The Labute approximate surface area is 171 Å². The second-order valence-corrected chi connectivity index (χ2v) is 6.61. The first-order valence-electron chi connectivity index (χ1n) is 9.40. The van der Waals surface area contributed by atoms with Gasteiger partial charge in [-0.2, -0.15) is 0 Å². The van der Waals surface area contributed by atoms with Crippen LogP contribution in [0.2, 0.25) is 0 Å². The van der Waals surface area contributed by atoms with Gasteiger partial charge in [0.1, 0.15) is 18.2 Å². The number of piperazine rings is 1. The molecule has 152 valence electrons. The van der Waals surface area contributed by atoms with E-state index < -0.39 is 0 Å². The van der Waals surface area contributed by atoms with Crippen molar-refractivity contribution in [2.24, 2.45) is 0 Å². The molecule has 0 atom stereocenters. The summed E-state index contributed by atoms with van der Waals surface area (Å²) in [6, 6.07) is 13.3. The van der Waals surface area contributed by atoms with Crippen molar-refractivity contribution in [1.82, 2.24) is 15.5 Å². The first-order valence-corrected chi connectivity index (χ1v) is 9.40. The molecule has 1 heterocycles. The van der Waals surface area contributed by atoms with Gasteiger partial charge in [0.25, 0.3) is 5.91 Å². The predicted octanol–water partition coefficient (Wildman–Crippen LogP) is 2.85. The standard InChI is InChI=1S/C21H26FN3O2.ClH/c22-18-8-6-17(7-9-18)16-27-20-5-2-1-4-19(20)21(26)24-10-3-13-25-14-11-23-12-15-25;/h1-2,4-9,23H,3,10-16H2,(H,24,26);1H. The molecule has 0 saturated carbocycles. The van der Waals surface area contributed by atoms with Gasteiger partial charge in [0.15, 0.2) is 0 Å². The van der Waals surface area contributed by atoms with E-state index in [1.807, 2.05) is 12.1 Å². The van der Waals surface area contributed by atoms with E-state index in [0.717, 1.165) is 44.7 Å². The number of nitrogens with zero attached hydrogens (tertiary/aromatic N) is 1. The number of ether oxygens (including phenoxy) is 1. The monoisotopic (exact) mass is 407 g/mol. The van der Waals surface area contributed by atoms with Crippen molar-refractivity contribution in [1.29, 1.82) is 0 Å². The van der Waals surface area contributed by atoms with Gasteiger partial charge in [-0.1, -0.05) is 24.3 Å². The van der Waals surface area contributed by atoms with Gasteiger partial charge in [0, 0.05) is 32.7 Å². The highest BCUT2D eigenvalue weighted by atomic mass is 35.5. The van der Waals surface area contributed by atoms with E-state index in [0.29, 0.717) is 17.9 Å². The summed E-state index contributed by atoms with van der Waals surface area (Å²) < 4.78 is 18.8. The van der Waals surface area contributed by atoms with E-state index in [-0.39, 0.29) is 30.7 Å². The summed E-state index contributed by atoms with van der Waals surface area (Å²) >= 11 is 0. The van der Waals surface area contributed by atoms with Gasteiger partial charge in [0.2, 0.25) is 0 Å². The van der Waals surface area contributed by atoms with E-state index in [2.05, 4.69) is 15.5 Å². The maximum atomic E-state index is 13.0. The van der Waals surface area contributed by atoms with Crippen LogP contribution in [0.3, 0.4) is 0 Å². The van der Waals surface area contributed by atoms with Crippen LogP contribution >= 0.6 is 12.4 Å². The molecule has 3 rings (SSSR count). The molecule has 1 amide bonds. The summed E-state index contributed by atoms with van der Waals surface area (Å²) in [5, 5.41) is 6.31. The number of para-hydroxylation sites is 1.